The van der Waals surface area contributed by atoms with Gasteiger partial charge in [-0.2, -0.15) is 0 Å². The molecule has 2 aromatic rings. The molecule has 0 unspecified atom stereocenters. The van der Waals surface area contributed by atoms with Crippen molar-refractivity contribution in [1.82, 2.24) is 0 Å². The number of benzene rings is 2. The van der Waals surface area contributed by atoms with Gasteiger partial charge in [-0.25, -0.2) is 0 Å². The molecule has 23 heavy (non-hydrogen) atoms. The summed E-state index contributed by atoms with van der Waals surface area (Å²) >= 11 is 0. The van der Waals surface area contributed by atoms with Crippen LogP contribution in [0.1, 0.15) is 11.1 Å². The molecule has 0 aliphatic heterocycles. The zero-order valence-corrected chi connectivity index (χ0v) is 17.1. The van der Waals surface area contributed by atoms with Crippen LogP contribution in [-0.4, -0.2) is 16.6 Å². The van der Waals surface area contributed by atoms with Crippen molar-refractivity contribution >= 4 is 16.6 Å². The first-order valence-corrected chi connectivity index (χ1v) is 15.0. The summed E-state index contributed by atoms with van der Waals surface area (Å²) in [5, 5.41) is 0. The molecule has 0 saturated carbocycles. The van der Waals surface area contributed by atoms with E-state index in [2.05, 4.69) is 87.8 Å². The van der Waals surface area contributed by atoms with Crippen molar-refractivity contribution in [3.63, 3.8) is 0 Å². The second-order valence-electron chi connectivity index (χ2n) is 7.89. The maximum Gasteiger partial charge on any atom is 0.242 e. The average Bonchev–Trinajstić information content (AvgIpc) is 2.40. The molecule has 124 valence electrons. The molecule has 0 atom stereocenters. The Hall–Kier alpha value is -1.53. The normalized spacial score (nSPS) is 12.1. The fourth-order valence-electron chi connectivity index (χ4n) is 2.29. The first-order valence-electron chi connectivity index (χ1n) is 8.17. The van der Waals surface area contributed by atoms with Crippen molar-refractivity contribution in [1.29, 1.82) is 0 Å². The average molecular weight is 345 g/mol. The molecule has 0 heterocycles. The lowest BCUT2D eigenvalue weighted by atomic mass is 10.1. The van der Waals surface area contributed by atoms with Gasteiger partial charge in [-0.1, -0.05) is 24.3 Å². The van der Waals surface area contributed by atoms with E-state index in [1.54, 1.807) is 0 Å². The summed E-state index contributed by atoms with van der Waals surface area (Å²) in [5.41, 5.74) is 2.60. The third-order valence-corrected chi connectivity index (χ3v) is 4.80. The fourth-order valence-corrected chi connectivity index (χ4v) is 3.98. The Morgan fingerprint density at radius 3 is 1.13 bits per heavy atom. The summed E-state index contributed by atoms with van der Waals surface area (Å²) in [6.45, 7) is 13.2. The van der Waals surface area contributed by atoms with Gasteiger partial charge in [0, 0.05) is 0 Å². The Kier molecular flexibility index (Phi) is 5.37. The van der Waals surface area contributed by atoms with E-state index in [9.17, 15) is 0 Å². The monoisotopic (exact) mass is 344 g/mol. The zero-order valence-electron chi connectivity index (χ0n) is 15.1. The van der Waals surface area contributed by atoms with E-state index in [1.165, 1.54) is 11.1 Å². The van der Waals surface area contributed by atoms with Crippen LogP contribution >= 0.6 is 0 Å². The Morgan fingerprint density at radius 2 is 0.870 bits per heavy atom. The SMILES string of the molecule is C[Si](C)(C)Oc1ccc(Cc2ccc(O[Si](C)(C)C)cc2)cc1. The molecule has 0 saturated heterocycles. The van der Waals surface area contributed by atoms with Gasteiger partial charge in [0.15, 0.2) is 0 Å². The smallest absolute Gasteiger partial charge is 0.242 e. The maximum atomic E-state index is 6.00. The van der Waals surface area contributed by atoms with Crippen molar-refractivity contribution in [2.24, 2.45) is 0 Å². The Balaban J connectivity index is 1.99. The fraction of sp³-hybridized carbons (Fsp3) is 0.368. The molecule has 0 bridgehead atoms. The van der Waals surface area contributed by atoms with Crippen molar-refractivity contribution < 1.29 is 8.85 Å². The Bertz CT molecular complexity index is 563. The molecule has 0 radical (unpaired) electrons. The molecule has 2 rings (SSSR count). The van der Waals surface area contributed by atoms with Crippen molar-refractivity contribution in [3.05, 3.63) is 59.7 Å². The van der Waals surface area contributed by atoms with Crippen molar-refractivity contribution in [2.45, 2.75) is 45.7 Å². The zero-order chi connectivity index (χ0) is 17.1. The second kappa shape index (κ2) is 6.93. The first kappa shape index (κ1) is 17.8. The first-order chi connectivity index (χ1) is 10.6. The molecule has 0 amide bonds. The van der Waals surface area contributed by atoms with Crippen LogP contribution in [0.15, 0.2) is 48.5 Å². The highest BCUT2D eigenvalue weighted by Gasteiger charge is 2.16. The van der Waals surface area contributed by atoms with Crippen LogP contribution in [0.2, 0.25) is 39.3 Å². The van der Waals surface area contributed by atoms with E-state index in [1.807, 2.05) is 0 Å². The van der Waals surface area contributed by atoms with Gasteiger partial charge in [-0.05, 0) is 81.1 Å². The number of hydrogen-bond donors (Lipinski definition) is 0. The van der Waals surface area contributed by atoms with Crippen molar-refractivity contribution in [2.75, 3.05) is 0 Å². The van der Waals surface area contributed by atoms with Gasteiger partial charge in [0.25, 0.3) is 0 Å². The van der Waals surface area contributed by atoms with Gasteiger partial charge >= 0.3 is 0 Å². The lowest BCUT2D eigenvalue weighted by Crippen LogP contribution is -2.29. The minimum Gasteiger partial charge on any atom is -0.544 e. The van der Waals surface area contributed by atoms with Gasteiger partial charge in [-0.15, -0.1) is 0 Å². The van der Waals surface area contributed by atoms with Crippen LogP contribution in [0.4, 0.5) is 0 Å². The third kappa shape index (κ3) is 6.63. The van der Waals surface area contributed by atoms with E-state index < -0.39 is 16.6 Å². The minimum atomic E-state index is -1.53. The Labute approximate surface area is 142 Å². The summed E-state index contributed by atoms with van der Waals surface area (Å²) in [4.78, 5) is 0. The molecule has 0 N–H and O–H groups in total. The van der Waals surface area contributed by atoms with Gasteiger partial charge in [0.2, 0.25) is 16.6 Å². The highest BCUT2D eigenvalue weighted by Crippen LogP contribution is 2.21. The van der Waals surface area contributed by atoms with E-state index in [4.69, 9.17) is 8.85 Å². The molecule has 0 aliphatic carbocycles. The predicted molar refractivity (Wildman–Crippen MR) is 104 cm³/mol. The molecule has 0 aliphatic rings. The molecular weight excluding hydrogens is 316 g/mol. The number of rotatable bonds is 6. The standard InChI is InChI=1S/C19H28O2Si2/c1-22(2,3)20-18-11-7-16(8-12-18)15-17-9-13-19(14-10-17)21-23(4,5)6/h7-14H,15H2,1-6H3. The largest absolute Gasteiger partial charge is 0.544 e. The molecule has 0 spiro atoms. The van der Waals surface area contributed by atoms with Crippen LogP contribution in [0.3, 0.4) is 0 Å². The number of hydrogen-bond acceptors (Lipinski definition) is 2. The molecular formula is C19H28O2Si2. The van der Waals surface area contributed by atoms with Gasteiger partial charge in [-0.3, -0.25) is 0 Å². The van der Waals surface area contributed by atoms with Gasteiger partial charge in [0.05, 0.1) is 0 Å². The predicted octanol–water partition coefficient (Wildman–Crippen LogP) is 5.70. The molecule has 0 fully saturated rings. The van der Waals surface area contributed by atoms with Crippen LogP contribution in [0.5, 0.6) is 11.5 Å². The van der Waals surface area contributed by atoms with Crippen LogP contribution in [-0.2, 0) is 6.42 Å². The van der Waals surface area contributed by atoms with Crippen LogP contribution in [0, 0.1) is 0 Å². The van der Waals surface area contributed by atoms with E-state index in [0.29, 0.717) is 0 Å². The highest BCUT2D eigenvalue weighted by atomic mass is 28.4. The second-order valence-corrected chi connectivity index (χ2v) is 16.8. The van der Waals surface area contributed by atoms with Crippen LogP contribution < -0.4 is 8.85 Å². The highest BCUT2D eigenvalue weighted by molar-refractivity contribution is 6.70. The topological polar surface area (TPSA) is 18.5 Å². The summed E-state index contributed by atoms with van der Waals surface area (Å²) < 4.78 is 12.0. The van der Waals surface area contributed by atoms with Crippen molar-refractivity contribution in [3.8, 4) is 11.5 Å². The maximum absolute atomic E-state index is 6.00. The summed E-state index contributed by atoms with van der Waals surface area (Å²) in [7, 11) is -3.05. The van der Waals surface area contributed by atoms with E-state index >= 15 is 0 Å². The molecule has 2 nitrogen and oxygen atoms in total. The van der Waals surface area contributed by atoms with Crippen LogP contribution in [0.25, 0.3) is 0 Å². The molecule has 4 heteroatoms. The van der Waals surface area contributed by atoms with E-state index in [-0.39, 0.29) is 0 Å². The lowest BCUT2D eigenvalue weighted by molar-refractivity contribution is 0.557. The molecule has 0 aromatic heterocycles. The molecule has 2 aromatic carbocycles. The summed E-state index contributed by atoms with van der Waals surface area (Å²) in [5.74, 6) is 1.96. The van der Waals surface area contributed by atoms with E-state index in [0.717, 1.165) is 17.9 Å². The van der Waals surface area contributed by atoms with Gasteiger partial charge < -0.3 is 8.85 Å². The summed E-state index contributed by atoms with van der Waals surface area (Å²) in [6.07, 6.45) is 0.931. The van der Waals surface area contributed by atoms with Gasteiger partial charge in [0.1, 0.15) is 11.5 Å². The summed E-state index contributed by atoms with van der Waals surface area (Å²) in [6, 6.07) is 16.9. The minimum absolute atomic E-state index is 0.931. The quantitative estimate of drug-likeness (QED) is 0.625. The third-order valence-electron chi connectivity index (χ3n) is 3.10. The lowest BCUT2D eigenvalue weighted by Gasteiger charge is -2.19. The Morgan fingerprint density at radius 1 is 0.565 bits per heavy atom.